The number of para-hydroxylation sites is 2. The maximum Gasteiger partial charge on any atom is 0.239 e. The molecule has 0 amide bonds. The third-order valence-electron chi connectivity index (χ3n) is 5.14. The third kappa shape index (κ3) is 3.94. The topological polar surface area (TPSA) is 92.9 Å². The second-order valence-electron chi connectivity index (χ2n) is 7.15. The summed E-state index contributed by atoms with van der Waals surface area (Å²) in [6.45, 7) is 0. The quantitative estimate of drug-likeness (QED) is 0.623. The monoisotopic (exact) mass is 407 g/mol. The van der Waals surface area contributed by atoms with Crippen molar-refractivity contribution in [3.8, 4) is 11.9 Å². The molecule has 148 valence electrons. The number of hydrogen-bond acceptors (Lipinski definition) is 6. The number of sulfone groups is 1. The summed E-state index contributed by atoms with van der Waals surface area (Å²) in [7, 11) is -3.98. The lowest BCUT2D eigenvalue weighted by Crippen LogP contribution is -2.23. The number of benzene rings is 2. The molecule has 1 saturated carbocycles. The summed E-state index contributed by atoms with van der Waals surface area (Å²) in [6, 6.07) is 17.1. The van der Waals surface area contributed by atoms with Gasteiger partial charge in [-0.25, -0.2) is 18.4 Å². The van der Waals surface area contributed by atoms with Crippen molar-refractivity contribution in [1.29, 1.82) is 5.26 Å². The summed E-state index contributed by atoms with van der Waals surface area (Å²) in [5.41, 5.74) is 1.19. The van der Waals surface area contributed by atoms with Gasteiger partial charge < -0.3 is 4.74 Å². The van der Waals surface area contributed by atoms with Crippen molar-refractivity contribution in [3.63, 3.8) is 0 Å². The van der Waals surface area contributed by atoms with Gasteiger partial charge in [0.15, 0.2) is 5.25 Å². The first-order valence-electron chi connectivity index (χ1n) is 9.71. The molecule has 0 N–H and O–H groups in total. The molecule has 4 rings (SSSR count). The SMILES string of the molecule is N#CC(c1nc2ccccc2nc1OC1CCCCC1)S(=O)(=O)c1ccccc1. The van der Waals surface area contributed by atoms with Crippen molar-refractivity contribution >= 4 is 20.9 Å². The van der Waals surface area contributed by atoms with Gasteiger partial charge in [-0.15, -0.1) is 0 Å². The Bertz CT molecular complexity index is 1150. The molecule has 1 aromatic heterocycles. The van der Waals surface area contributed by atoms with Crippen LogP contribution < -0.4 is 4.74 Å². The highest BCUT2D eigenvalue weighted by atomic mass is 32.2. The minimum absolute atomic E-state index is 0.0447. The second kappa shape index (κ2) is 8.18. The smallest absolute Gasteiger partial charge is 0.239 e. The van der Waals surface area contributed by atoms with E-state index in [4.69, 9.17) is 4.74 Å². The lowest BCUT2D eigenvalue weighted by molar-refractivity contribution is 0.147. The van der Waals surface area contributed by atoms with Gasteiger partial charge in [-0.1, -0.05) is 36.8 Å². The number of hydrogen-bond donors (Lipinski definition) is 0. The van der Waals surface area contributed by atoms with Crippen molar-refractivity contribution in [2.75, 3.05) is 0 Å². The highest BCUT2D eigenvalue weighted by Crippen LogP contribution is 2.34. The van der Waals surface area contributed by atoms with Crippen LogP contribution in [0.15, 0.2) is 59.5 Å². The molecule has 29 heavy (non-hydrogen) atoms. The van der Waals surface area contributed by atoms with Crippen LogP contribution >= 0.6 is 0 Å². The predicted molar refractivity (Wildman–Crippen MR) is 109 cm³/mol. The van der Waals surface area contributed by atoms with Crippen LogP contribution in [0.2, 0.25) is 0 Å². The zero-order chi connectivity index (χ0) is 20.3. The second-order valence-corrected chi connectivity index (χ2v) is 9.18. The summed E-state index contributed by atoms with van der Waals surface area (Å²) < 4.78 is 32.5. The van der Waals surface area contributed by atoms with Crippen LogP contribution in [0.25, 0.3) is 11.0 Å². The van der Waals surface area contributed by atoms with E-state index >= 15 is 0 Å². The molecule has 0 radical (unpaired) electrons. The van der Waals surface area contributed by atoms with Crippen molar-refractivity contribution in [3.05, 3.63) is 60.3 Å². The minimum Gasteiger partial charge on any atom is -0.473 e. The van der Waals surface area contributed by atoms with Crippen molar-refractivity contribution in [2.45, 2.75) is 48.4 Å². The molecule has 1 aliphatic rings. The van der Waals surface area contributed by atoms with Gasteiger partial charge >= 0.3 is 0 Å². The molecule has 1 unspecified atom stereocenters. The maximum absolute atomic E-state index is 13.2. The fraction of sp³-hybridized carbons (Fsp3) is 0.318. The normalized spacial score (nSPS) is 16.2. The average Bonchev–Trinajstić information content (AvgIpc) is 2.76. The molecule has 1 atom stereocenters. The zero-order valence-corrected chi connectivity index (χ0v) is 16.7. The standard InChI is InChI=1S/C22H21N3O3S/c23-15-20(29(26,27)17-11-5-2-6-12-17)21-22(28-16-9-3-1-4-10-16)25-19-14-8-7-13-18(19)24-21/h2,5-8,11-14,16,20H,1,3-4,9-10H2. The Morgan fingerprint density at radius 3 is 2.21 bits per heavy atom. The summed E-state index contributed by atoms with van der Waals surface area (Å²) in [5.74, 6) is 0.140. The summed E-state index contributed by atoms with van der Waals surface area (Å²) in [4.78, 5) is 9.13. The number of rotatable bonds is 5. The molecule has 0 bridgehead atoms. The average molecular weight is 407 g/mol. The number of nitriles is 1. The van der Waals surface area contributed by atoms with Gasteiger partial charge in [0, 0.05) is 0 Å². The largest absolute Gasteiger partial charge is 0.473 e. The van der Waals surface area contributed by atoms with E-state index in [0.29, 0.717) is 11.0 Å². The Hall–Kier alpha value is -2.98. The predicted octanol–water partition coefficient (Wildman–Crippen LogP) is 4.38. The van der Waals surface area contributed by atoms with Crippen molar-refractivity contribution in [1.82, 2.24) is 9.97 Å². The Kier molecular flexibility index (Phi) is 5.45. The van der Waals surface area contributed by atoms with Crippen molar-refractivity contribution in [2.24, 2.45) is 0 Å². The number of aromatic nitrogens is 2. The van der Waals surface area contributed by atoms with Crippen molar-refractivity contribution < 1.29 is 13.2 Å². The van der Waals surface area contributed by atoms with Crippen LogP contribution in [0.4, 0.5) is 0 Å². The van der Waals surface area contributed by atoms with E-state index in [1.165, 1.54) is 18.6 Å². The van der Waals surface area contributed by atoms with Gasteiger partial charge in [0.25, 0.3) is 0 Å². The van der Waals surface area contributed by atoms with Gasteiger partial charge in [-0.05, 0) is 49.9 Å². The van der Waals surface area contributed by atoms with Crippen LogP contribution in [-0.2, 0) is 9.84 Å². The number of nitrogens with zero attached hydrogens (tertiary/aromatic N) is 3. The van der Waals surface area contributed by atoms with Gasteiger partial charge in [-0.2, -0.15) is 5.26 Å². The first kappa shape index (κ1) is 19.3. The van der Waals surface area contributed by atoms with E-state index in [9.17, 15) is 13.7 Å². The van der Waals surface area contributed by atoms with E-state index in [1.54, 1.807) is 36.4 Å². The maximum atomic E-state index is 13.2. The van der Waals surface area contributed by atoms with E-state index in [1.807, 2.05) is 12.1 Å². The van der Waals surface area contributed by atoms with Crippen LogP contribution in [0, 0.1) is 11.3 Å². The Labute approximate surface area is 170 Å². The molecular formula is C22H21N3O3S. The third-order valence-corrected chi connectivity index (χ3v) is 7.02. The first-order chi connectivity index (χ1) is 14.1. The van der Waals surface area contributed by atoms with Gasteiger partial charge in [0.1, 0.15) is 11.8 Å². The lowest BCUT2D eigenvalue weighted by atomic mass is 9.98. The molecule has 1 fully saturated rings. The molecule has 1 heterocycles. The molecule has 0 aliphatic heterocycles. The van der Waals surface area contributed by atoms with Crippen LogP contribution in [-0.4, -0.2) is 24.5 Å². The Balaban J connectivity index is 1.83. The highest BCUT2D eigenvalue weighted by Gasteiger charge is 2.35. The van der Waals surface area contributed by atoms with Crippen LogP contribution in [0.5, 0.6) is 5.88 Å². The van der Waals surface area contributed by atoms with Gasteiger partial charge in [-0.3, -0.25) is 0 Å². The molecule has 0 saturated heterocycles. The van der Waals surface area contributed by atoms with E-state index in [2.05, 4.69) is 9.97 Å². The molecular weight excluding hydrogens is 386 g/mol. The Morgan fingerprint density at radius 1 is 0.931 bits per heavy atom. The number of fused-ring (bicyclic) bond motifs is 1. The van der Waals surface area contributed by atoms with E-state index in [-0.39, 0.29) is 22.6 Å². The molecule has 3 aromatic rings. The van der Waals surface area contributed by atoms with Crippen LogP contribution in [0.3, 0.4) is 0 Å². The highest BCUT2D eigenvalue weighted by molar-refractivity contribution is 7.92. The molecule has 0 spiro atoms. The zero-order valence-electron chi connectivity index (χ0n) is 15.9. The van der Waals surface area contributed by atoms with Gasteiger partial charge in [0.2, 0.25) is 15.7 Å². The minimum atomic E-state index is -3.98. The Morgan fingerprint density at radius 2 is 1.55 bits per heavy atom. The summed E-state index contributed by atoms with van der Waals surface area (Å²) >= 11 is 0. The van der Waals surface area contributed by atoms with E-state index < -0.39 is 15.1 Å². The number of ether oxygens (including phenoxy) is 1. The summed E-state index contributed by atoms with van der Waals surface area (Å²) in [6.07, 6.45) is 5.01. The lowest BCUT2D eigenvalue weighted by Gasteiger charge is -2.24. The first-order valence-corrected chi connectivity index (χ1v) is 11.3. The fourth-order valence-corrected chi connectivity index (χ4v) is 5.01. The summed E-state index contributed by atoms with van der Waals surface area (Å²) in [5, 5.41) is 8.33. The molecule has 7 heteroatoms. The fourth-order valence-electron chi connectivity index (χ4n) is 3.62. The molecule has 2 aromatic carbocycles. The molecule has 6 nitrogen and oxygen atoms in total. The molecule has 1 aliphatic carbocycles. The van der Waals surface area contributed by atoms with Gasteiger partial charge in [0.05, 0.1) is 22.0 Å². The van der Waals surface area contributed by atoms with E-state index in [0.717, 1.165) is 25.7 Å². The van der Waals surface area contributed by atoms with Crippen LogP contribution in [0.1, 0.15) is 43.0 Å².